The summed E-state index contributed by atoms with van der Waals surface area (Å²) in [6.07, 6.45) is 3.44. The van der Waals surface area contributed by atoms with E-state index in [1.807, 2.05) is 0 Å². The Bertz CT molecular complexity index is 437. The monoisotopic (exact) mass is 306 g/mol. The van der Waals surface area contributed by atoms with Crippen molar-refractivity contribution in [3.8, 4) is 0 Å². The van der Waals surface area contributed by atoms with Crippen LogP contribution in [-0.4, -0.2) is 51.1 Å². The third kappa shape index (κ3) is 2.15. The summed E-state index contributed by atoms with van der Waals surface area (Å²) in [5, 5.41) is 13.2. The third-order valence-electron chi connectivity index (χ3n) is 6.68. The van der Waals surface area contributed by atoms with E-state index in [1.54, 1.807) is 0 Å². The smallest absolute Gasteiger partial charge is 0.220 e. The molecule has 0 aromatic carbocycles. The minimum absolute atomic E-state index is 0.0880. The van der Waals surface area contributed by atoms with E-state index in [0.29, 0.717) is 24.7 Å². The van der Waals surface area contributed by atoms with E-state index in [9.17, 15) is 9.59 Å². The fourth-order valence-corrected chi connectivity index (χ4v) is 5.51. The second-order valence-electron chi connectivity index (χ2n) is 7.75. The molecule has 4 fully saturated rings. The lowest BCUT2D eigenvalue weighted by molar-refractivity contribution is -0.136. The van der Waals surface area contributed by atoms with Crippen LogP contribution in [0.5, 0.6) is 0 Å². The van der Waals surface area contributed by atoms with Gasteiger partial charge in [-0.1, -0.05) is 0 Å². The van der Waals surface area contributed by atoms with Gasteiger partial charge in [0.05, 0.1) is 0 Å². The standard InChI is InChI=1S/C16H26N4O2/c21-13-5-15(1-3-17-9-15)11(7-19-13)12-8-20-14(22)6-16(12)2-4-18-10-16/h11-12,17-18H,1-10H2,(H,19,21)(H,20,22). The van der Waals surface area contributed by atoms with Crippen LogP contribution in [0.15, 0.2) is 0 Å². The van der Waals surface area contributed by atoms with E-state index in [0.717, 1.165) is 52.1 Å². The molecule has 4 heterocycles. The van der Waals surface area contributed by atoms with E-state index < -0.39 is 0 Å². The summed E-state index contributed by atoms with van der Waals surface area (Å²) in [7, 11) is 0. The minimum Gasteiger partial charge on any atom is -0.356 e. The van der Waals surface area contributed by atoms with Gasteiger partial charge in [-0.15, -0.1) is 0 Å². The first-order valence-electron chi connectivity index (χ1n) is 8.59. The summed E-state index contributed by atoms with van der Waals surface area (Å²) in [6, 6.07) is 0. The third-order valence-corrected chi connectivity index (χ3v) is 6.68. The molecule has 4 unspecified atom stereocenters. The molecule has 4 saturated heterocycles. The maximum atomic E-state index is 12.0. The lowest BCUT2D eigenvalue weighted by Gasteiger charge is -2.52. The fraction of sp³-hybridized carbons (Fsp3) is 0.875. The molecule has 22 heavy (non-hydrogen) atoms. The van der Waals surface area contributed by atoms with Crippen molar-refractivity contribution in [1.82, 2.24) is 21.3 Å². The molecule has 0 saturated carbocycles. The van der Waals surface area contributed by atoms with Crippen LogP contribution in [0.25, 0.3) is 0 Å². The lowest BCUT2D eigenvalue weighted by atomic mass is 9.56. The van der Waals surface area contributed by atoms with Gasteiger partial charge >= 0.3 is 0 Å². The number of carbonyl (C=O) groups excluding carboxylic acids is 2. The van der Waals surface area contributed by atoms with Crippen molar-refractivity contribution in [2.75, 3.05) is 39.3 Å². The van der Waals surface area contributed by atoms with Crippen molar-refractivity contribution in [3.05, 3.63) is 0 Å². The van der Waals surface area contributed by atoms with Gasteiger partial charge < -0.3 is 21.3 Å². The Hall–Kier alpha value is -1.14. The Kier molecular flexibility index (Phi) is 3.42. The highest BCUT2D eigenvalue weighted by atomic mass is 16.2. The van der Waals surface area contributed by atoms with Crippen LogP contribution >= 0.6 is 0 Å². The molecule has 0 radical (unpaired) electrons. The molecule has 6 nitrogen and oxygen atoms in total. The summed E-state index contributed by atoms with van der Waals surface area (Å²) in [5.74, 6) is 1.30. The van der Waals surface area contributed by atoms with Crippen LogP contribution in [0.4, 0.5) is 0 Å². The number of nitrogens with one attached hydrogen (secondary N) is 4. The average molecular weight is 306 g/mol. The summed E-state index contributed by atoms with van der Waals surface area (Å²) >= 11 is 0. The molecule has 6 heteroatoms. The van der Waals surface area contributed by atoms with Crippen LogP contribution in [-0.2, 0) is 9.59 Å². The van der Waals surface area contributed by atoms with Crippen molar-refractivity contribution in [3.63, 3.8) is 0 Å². The van der Waals surface area contributed by atoms with Gasteiger partial charge in [-0.3, -0.25) is 9.59 Å². The average Bonchev–Trinajstić information content (AvgIpc) is 3.12. The zero-order chi connectivity index (χ0) is 15.2. The number of carbonyl (C=O) groups is 2. The predicted molar refractivity (Wildman–Crippen MR) is 82.1 cm³/mol. The highest BCUT2D eigenvalue weighted by Gasteiger charge is 2.56. The van der Waals surface area contributed by atoms with E-state index in [-0.39, 0.29) is 22.6 Å². The SMILES string of the molecule is O=C1CC2(CCNC2)C(C2CNC(=O)CC23CCNC3)CN1. The van der Waals surface area contributed by atoms with Gasteiger partial charge in [0.25, 0.3) is 0 Å². The molecular formula is C16H26N4O2. The maximum Gasteiger partial charge on any atom is 0.220 e. The summed E-state index contributed by atoms with van der Waals surface area (Å²) in [4.78, 5) is 24.0. The number of rotatable bonds is 1. The first-order valence-corrected chi connectivity index (χ1v) is 8.59. The molecule has 4 atom stereocenters. The zero-order valence-electron chi connectivity index (χ0n) is 13.0. The Balaban J connectivity index is 1.66. The van der Waals surface area contributed by atoms with Gasteiger partial charge in [0.2, 0.25) is 11.8 Å². The van der Waals surface area contributed by atoms with Crippen molar-refractivity contribution in [1.29, 1.82) is 0 Å². The highest BCUT2D eigenvalue weighted by Crippen LogP contribution is 2.52. The maximum absolute atomic E-state index is 12.0. The molecule has 0 bridgehead atoms. The van der Waals surface area contributed by atoms with Gasteiger partial charge in [0, 0.05) is 39.0 Å². The van der Waals surface area contributed by atoms with Crippen molar-refractivity contribution in [2.45, 2.75) is 25.7 Å². The molecule has 4 rings (SSSR count). The quantitative estimate of drug-likeness (QED) is 0.512. The van der Waals surface area contributed by atoms with Crippen molar-refractivity contribution >= 4 is 11.8 Å². The van der Waals surface area contributed by atoms with E-state index in [2.05, 4.69) is 21.3 Å². The number of hydrogen-bond donors (Lipinski definition) is 4. The molecule has 0 aromatic heterocycles. The van der Waals surface area contributed by atoms with E-state index in [1.165, 1.54) is 0 Å². The predicted octanol–water partition coefficient (Wildman–Crippen LogP) is -0.782. The van der Waals surface area contributed by atoms with Gasteiger partial charge in [-0.25, -0.2) is 0 Å². The fourth-order valence-electron chi connectivity index (χ4n) is 5.51. The summed E-state index contributed by atoms with van der Waals surface area (Å²) in [5.41, 5.74) is 0.176. The first kappa shape index (κ1) is 14.5. The first-order chi connectivity index (χ1) is 10.6. The number of piperidine rings is 2. The van der Waals surface area contributed by atoms with Gasteiger partial charge in [-0.05, 0) is 48.6 Å². The van der Waals surface area contributed by atoms with Crippen molar-refractivity contribution < 1.29 is 9.59 Å². The summed E-state index contributed by atoms with van der Waals surface area (Å²) in [6.45, 7) is 5.44. The van der Waals surface area contributed by atoms with Crippen LogP contribution in [0.1, 0.15) is 25.7 Å². The van der Waals surface area contributed by atoms with Gasteiger partial charge in [0.15, 0.2) is 0 Å². The Morgan fingerprint density at radius 3 is 1.59 bits per heavy atom. The van der Waals surface area contributed by atoms with Crippen LogP contribution in [0.2, 0.25) is 0 Å². The molecule has 0 aliphatic carbocycles. The zero-order valence-corrected chi connectivity index (χ0v) is 13.0. The van der Waals surface area contributed by atoms with Gasteiger partial charge in [-0.2, -0.15) is 0 Å². The minimum atomic E-state index is 0.0880. The molecule has 4 aliphatic heterocycles. The second-order valence-corrected chi connectivity index (χ2v) is 7.75. The van der Waals surface area contributed by atoms with E-state index >= 15 is 0 Å². The van der Waals surface area contributed by atoms with Crippen molar-refractivity contribution in [2.24, 2.45) is 22.7 Å². The Labute approximate surface area is 131 Å². The molecule has 0 aromatic rings. The second kappa shape index (κ2) is 5.20. The molecule has 122 valence electrons. The van der Waals surface area contributed by atoms with E-state index in [4.69, 9.17) is 0 Å². The Morgan fingerprint density at radius 2 is 1.23 bits per heavy atom. The van der Waals surface area contributed by atoms with Crippen LogP contribution < -0.4 is 21.3 Å². The largest absolute Gasteiger partial charge is 0.356 e. The van der Waals surface area contributed by atoms with Crippen LogP contribution in [0.3, 0.4) is 0 Å². The molecule has 2 amide bonds. The Morgan fingerprint density at radius 1 is 0.773 bits per heavy atom. The van der Waals surface area contributed by atoms with Gasteiger partial charge in [0.1, 0.15) is 0 Å². The molecule has 2 spiro atoms. The number of hydrogen-bond acceptors (Lipinski definition) is 4. The molecule has 4 aliphatic rings. The molecular weight excluding hydrogens is 280 g/mol. The highest BCUT2D eigenvalue weighted by molar-refractivity contribution is 5.79. The molecule has 4 N–H and O–H groups in total. The topological polar surface area (TPSA) is 82.3 Å². The normalized spacial score (nSPS) is 45.3. The number of amides is 2. The lowest BCUT2D eigenvalue weighted by Crippen LogP contribution is -2.60. The summed E-state index contributed by atoms with van der Waals surface area (Å²) < 4.78 is 0. The van der Waals surface area contributed by atoms with Crippen LogP contribution in [0, 0.1) is 22.7 Å².